The Kier molecular flexibility index (Phi) is 5.19. The van der Waals surface area contributed by atoms with Crippen molar-refractivity contribution in [3.05, 3.63) is 29.8 Å². The minimum Gasteiger partial charge on any atom is -0.494 e. The molecule has 0 amide bonds. The number of ketones is 1. The number of rotatable bonds is 6. The molecular weight excluding hydrogens is 245 g/mol. The zero-order chi connectivity index (χ0) is 13.6. The predicted molar refractivity (Wildman–Crippen MR) is 61.5 cm³/mol. The van der Waals surface area contributed by atoms with Crippen LogP contribution >= 0.6 is 0 Å². The third kappa shape index (κ3) is 5.21. The van der Waals surface area contributed by atoms with Crippen LogP contribution in [0.5, 0.6) is 5.75 Å². The minimum absolute atomic E-state index is 0.129. The van der Waals surface area contributed by atoms with E-state index in [2.05, 4.69) is 0 Å². The molecule has 1 rings (SSSR count). The van der Waals surface area contributed by atoms with Crippen LogP contribution in [0.15, 0.2) is 24.3 Å². The minimum atomic E-state index is -4.32. The van der Waals surface area contributed by atoms with E-state index in [-0.39, 0.29) is 5.78 Å². The molecule has 0 radical (unpaired) electrons. The zero-order valence-electron chi connectivity index (χ0n) is 10.1. The molecule has 0 saturated heterocycles. The molecule has 0 heterocycles. The number of alkyl halides is 3. The van der Waals surface area contributed by atoms with Gasteiger partial charge in [-0.05, 0) is 44.0 Å². The van der Waals surface area contributed by atoms with Crippen molar-refractivity contribution in [3.8, 4) is 5.75 Å². The molecule has 0 bridgehead atoms. The van der Waals surface area contributed by atoms with Crippen molar-refractivity contribution in [2.45, 2.75) is 32.4 Å². The summed E-state index contributed by atoms with van der Waals surface area (Å²) in [6.07, 6.45) is -2.37. The highest BCUT2D eigenvalue weighted by molar-refractivity contribution is 5.75. The lowest BCUT2D eigenvalue weighted by Gasteiger charge is -2.09. The van der Waals surface area contributed by atoms with Crippen molar-refractivity contribution < 1.29 is 22.7 Å². The van der Waals surface area contributed by atoms with E-state index in [0.29, 0.717) is 25.2 Å². The number of Topliss-reactive ketones (excluding diaryl/α,β-unsaturated/α-hetero) is 1. The number of benzene rings is 1. The van der Waals surface area contributed by atoms with Crippen LogP contribution in [0.1, 0.15) is 31.7 Å². The van der Waals surface area contributed by atoms with Gasteiger partial charge in [0, 0.05) is 6.42 Å². The molecule has 2 nitrogen and oxygen atoms in total. The Morgan fingerprint density at radius 1 is 1.17 bits per heavy atom. The van der Waals surface area contributed by atoms with E-state index in [1.807, 2.05) is 0 Å². The lowest BCUT2D eigenvalue weighted by atomic mass is 10.2. The standard InChI is InChI=1S/C13H15F3O2/c1-10(17)4-2-3-9-18-12-7-5-11(6-8-12)13(14,15)16/h5-8H,2-4,9H2,1H3. The maximum Gasteiger partial charge on any atom is 0.416 e. The summed E-state index contributed by atoms with van der Waals surface area (Å²) < 4.78 is 42.1. The molecule has 0 unspecified atom stereocenters. The van der Waals surface area contributed by atoms with Crippen molar-refractivity contribution in [2.24, 2.45) is 0 Å². The number of unbranched alkanes of at least 4 members (excludes halogenated alkanes) is 1. The molecule has 100 valence electrons. The molecule has 0 N–H and O–H groups in total. The Balaban J connectivity index is 2.33. The topological polar surface area (TPSA) is 26.3 Å². The number of carbonyl (C=O) groups excluding carboxylic acids is 1. The van der Waals surface area contributed by atoms with E-state index in [1.165, 1.54) is 19.1 Å². The first-order chi connectivity index (χ1) is 8.39. The van der Waals surface area contributed by atoms with Crippen LogP contribution in [-0.4, -0.2) is 12.4 Å². The summed E-state index contributed by atoms with van der Waals surface area (Å²) in [7, 11) is 0. The van der Waals surface area contributed by atoms with E-state index < -0.39 is 11.7 Å². The van der Waals surface area contributed by atoms with E-state index in [1.54, 1.807) is 0 Å². The first-order valence-corrected chi connectivity index (χ1v) is 5.69. The summed E-state index contributed by atoms with van der Waals surface area (Å²) in [5, 5.41) is 0. The maximum absolute atomic E-state index is 12.3. The normalized spacial score (nSPS) is 11.3. The van der Waals surface area contributed by atoms with E-state index in [4.69, 9.17) is 4.74 Å². The quantitative estimate of drug-likeness (QED) is 0.726. The Hall–Kier alpha value is -1.52. The predicted octanol–water partition coefficient (Wildman–Crippen LogP) is 3.84. The number of hydrogen-bond donors (Lipinski definition) is 0. The van der Waals surface area contributed by atoms with Crippen molar-refractivity contribution in [1.29, 1.82) is 0 Å². The molecule has 0 atom stereocenters. The average molecular weight is 260 g/mol. The summed E-state index contributed by atoms with van der Waals surface area (Å²) >= 11 is 0. The van der Waals surface area contributed by atoms with Crippen LogP contribution in [0.25, 0.3) is 0 Å². The van der Waals surface area contributed by atoms with Gasteiger partial charge in [0.05, 0.1) is 12.2 Å². The Bertz CT molecular complexity index is 382. The van der Waals surface area contributed by atoms with E-state index in [0.717, 1.165) is 18.6 Å². The van der Waals surface area contributed by atoms with Gasteiger partial charge in [-0.25, -0.2) is 0 Å². The molecule has 0 spiro atoms. The van der Waals surface area contributed by atoms with Gasteiger partial charge in [-0.1, -0.05) is 0 Å². The monoisotopic (exact) mass is 260 g/mol. The first-order valence-electron chi connectivity index (χ1n) is 5.69. The highest BCUT2D eigenvalue weighted by atomic mass is 19.4. The molecule has 0 saturated carbocycles. The smallest absolute Gasteiger partial charge is 0.416 e. The summed E-state index contributed by atoms with van der Waals surface area (Å²) in [5.74, 6) is 0.537. The number of ether oxygens (including phenoxy) is 1. The lowest BCUT2D eigenvalue weighted by Crippen LogP contribution is -2.04. The van der Waals surface area contributed by atoms with Crippen LogP contribution in [0.3, 0.4) is 0 Å². The molecule has 0 aliphatic heterocycles. The third-order valence-corrected chi connectivity index (χ3v) is 2.37. The maximum atomic E-state index is 12.3. The van der Waals surface area contributed by atoms with Gasteiger partial charge in [0.1, 0.15) is 11.5 Å². The van der Waals surface area contributed by atoms with E-state index >= 15 is 0 Å². The second-order valence-electron chi connectivity index (χ2n) is 4.03. The van der Waals surface area contributed by atoms with Gasteiger partial charge in [0.15, 0.2) is 0 Å². The molecule has 1 aromatic carbocycles. The summed E-state index contributed by atoms with van der Waals surface area (Å²) in [6.45, 7) is 1.93. The van der Waals surface area contributed by atoms with Crippen molar-refractivity contribution in [1.82, 2.24) is 0 Å². The Morgan fingerprint density at radius 3 is 2.28 bits per heavy atom. The van der Waals surface area contributed by atoms with Gasteiger partial charge in [-0.15, -0.1) is 0 Å². The molecule has 5 heteroatoms. The van der Waals surface area contributed by atoms with Crippen LogP contribution in [0, 0.1) is 0 Å². The molecule has 0 fully saturated rings. The average Bonchev–Trinajstić information content (AvgIpc) is 2.27. The fraction of sp³-hybridized carbons (Fsp3) is 0.462. The Morgan fingerprint density at radius 2 is 1.78 bits per heavy atom. The van der Waals surface area contributed by atoms with Gasteiger partial charge in [0.2, 0.25) is 0 Å². The van der Waals surface area contributed by atoms with Gasteiger partial charge in [0.25, 0.3) is 0 Å². The van der Waals surface area contributed by atoms with Gasteiger partial charge in [-0.2, -0.15) is 13.2 Å². The lowest BCUT2D eigenvalue weighted by molar-refractivity contribution is -0.137. The highest BCUT2D eigenvalue weighted by Crippen LogP contribution is 2.30. The van der Waals surface area contributed by atoms with Crippen LogP contribution in [0.2, 0.25) is 0 Å². The van der Waals surface area contributed by atoms with Crippen LogP contribution in [-0.2, 0) is 11.0 Å². The largest absolute Gasteiger partial charge is 0.494 e. The molecule has 18 heavy (non-hydrogen) atoms. The van der Waals surface area contributed by atoms with Crippen molar-refractivity contribution in [3.63, 3.8) is 0 Å². The number of halogens is 3. The number of hydrogen-bond acceptors (Lipinski definition) is 2. The fourth-order valence-corrected chi connectivity index (χ4v) is 1.41. The Labute approximate surface area is 104 Å². The molecular formula is C13H15F3O2. The zero-order valence-corrected chi connectivity index (χ0v) is 10.1. The van der Waals surface area contributed by atoms with Crippen molar-refractivity contribution in [2.75, 3.05) is 6.61 Å². The fourth-order valence-electron chi connectivity index (χ4n) is 1.41. The van der Waals surface area contributed by atoms with Gasteiger partial charge in [-0.3, -0.25) is 0 Å². The van der Waals surface area contributed by atoms with Crippen LogP contribution < -0.4 is 4.74 Å². The molecule has 0 aliphatic carbocycles. The number of carbonyl (C=O) groups is 1. The van der Waals surface area contributed by atoms with Crippen LogP contribution in [0.4, 0.5) is 13.2 Å². The van der Waals surface area contributed by atoms with Gasteiger partial charge >= 0.3 is 6.18 Å². The SMILES string of the molecule is CC(=O)CCCCOc1ccc(C(F)(F)F)cc1. The summed E-state index contributed by atoms with van der Waals surface area (Å²) in [5.41, 5.74) is -0.688. The second kappa shape index (κ2) is 6.42. The molecule has 1 aromatic rings. The summed E-state index contributed by atoms with van der Waals surface area (Å²) in [4.78, 5) is 10.7. The van der Waals surface area contributed by atoms with E-state index in [9.17, 15) is 18.0 Å². The third-order valence-electron chi connectivity index (χ3n) is 2.37. The van der Waals surface area contributed by atoms with Crippen molar-refractivity contribution >= 4 is 5.78 Å². The summed E-state index contributed by atoms with van der Waals surface area (Å²) in [6, 6.07) is 4.58. The molecule has 0 aliphatic rings. The van der Waals surface area contributed by atoms with Gasteiger partial charge < -0.3 is 9.53 Å². The second-order valence-corrected chi connectivity index (χ2v) is 4.03. The molecule has 0 aromatic heterocycles. The highest BCUT2D eigenvalue weighted by Gasteiger charge is 2.29. The first kappa shape index (κ1) is 14.5.